The van der Waals surface area contributed by atoms with Gasteiger partial charge in [-0.15, -0.1) is 5.10 Å². The van der Waals surface area contributed by atoms with Crippen molar-refractivity contribution < 1.29 is 4.74 Å². The van der Waals surface area contributed by atoms with Crippen molar-refractivity contribution in [2.45, 2.75) is 25.9 Å². The van der Waals surface area contributed by atoms with E-state index in [2.05, 4.69) is 10.3 Å². The number of para-hydroxylation sites is 1. The lowest BCUT2D eigenvalue weighted by Crippen LogP contribution is -2.10. The van der Waals surface area contributed by atoms with Crippen molar-refractivity contribution in [3.8, 4) is 5.75 Å². The molecule has 0 fully saturated rings. The minimum absolute atomic E-state index is 0.0572. The maximum absolute atomic E-state index is 5.99. The Hall–Kier alpha value is -1.59. The minimum Gasteiger partial charge on any atom is -0.490 e. The van der Waals surface area contributed by atoms with Crippen molar-refractivity contribution in [2.24, 2.45) is 5.73 Å². The average molecular weight is 281 g/mol. The van der Waals surface area contributed by atoms with Crippen molar-refractivity contribution in [3.05, 3.63) is 41.2 Å². The van der Waals surface area contributed by atoms with E-state index < -0.39 is 0 Å². The second kappa shape index (κ2) is 6.54. The van der Waals surface area contributed by atoms with Gasteiger partial charge in [-0.2, -0.15) is 0 Å². The summed E-state index contributed by atoms with van der Waals surface area (Å²) < 4.78 is 7.31. The van der Waals surface area contributed by atoms with Gasteiger partial charge in [0.25, 0.3) is 0 Å². The molecule has 2 aromatic rings. The Morgan fingerprint density at radius 3 is 2.95 bits per heavy atom. The third-order valence-electron chi connectivity index (χ3n) is 2.79. The molecule has 0 saturated heterocycles. The van der Waals surface area contributed by atoms with Crippen LogP contribution in [0, 0.1) is 0 Å². The predicted octanol–water partition coefficient (Wildman–Crippen LogP) is 2.42. The third kappa shape index (κ3) is 3.68. The summed E-state index contributed by atoms with van der Waals surface area (Å²) >= 11 is 5.99. The first-order chi connectivity index (χ1) is 9.20. The van der Waals surface area contributed by atoms with Crippen LogP contribution in [0.3, 0.4) is 0 Å². The van der Waals surface area contributed by atoms with E-state index in [-0.39, 0.29) is 6.04 Å². The molecule has 5 nitrogen and oxygen atoms in total. The lowest BCUT2D eigenvalue weighted by molar-refractivity contribution is 0.290. The van der Waals surface area contributed by atoms with Gasteiger partial charge in [0.1, 0.15) is 12.4 Å². The molecular formula is C13H17ClN4O. The number of halogens is 1. The van der Waals surface area contributed by atoms with Gasteiger partial charge in [0.05, 0.1) is 29.5 Å². The number of rotatable bonds is 6. The lowest BCUT2D eigenvalue weighted by atomic mass is 10.2. The Morgan fingerprint density at radius 1 is 1.42 bits per heavy atom. The molecule has 1 aromatic heterocycles. The average Bonchev–Trinajstić information content (AvgIpc) is 2.89. The van der Waals surface area contributed by atoms with Crippen LogP contribution in [0.15, 0.2) is 30.5 Å². The first kappa shape index (κ1) is 13.8. The van der Waals surface area contributed by atoms with Gasteiger partial charge >= 0.3 is 0 Å². The molecule has 1 unspecified atom stereocenters. The van der Waals surface area contributed by atoms with Gasteiger partial charge in [0.2, 0.25) is 0 Å². The smallest absolute Gasteiger partial charge is 0.137 e. The Kier molecular flexibility index (Phi) is 4.76. The summed E-state index contributed by atoms with van der Waals surface area (Å²) in [7, 11) is 0. The monoisotopic (exact) mass is 280 g/mol. The Bertz CT molecular complexity index is 529. The number of nitrogens with two attached hydrogens (primary N) is 1. The molecular weight excluding hydrogens is 264 g/mol. The van der Waals surface area contributed by atoms with Gasteiger partial charge in [0.15, 0.2) is 0 Å². The van der Waals surface area contributed by atoms with E-state index in [1.807, 2.05) is 31.3 Å². The second-order valence-electron chi connectivity index (χ2n) is 4.20. The molecule has 0 aliphatic carbocycles. The molecule has 19 heavy (non-hydrogen) atoms. The molecule has 6 heteroatoms. The number of hydrogen-bond acceptors (Lipinski definition) is 4. The molecule has 2 N–H and O–H groups in total. The van der Waals surface area contributed by atoms with Gasteiger partial charge in [-0.3, -0.25) is 0 Å². The van der Waals surface area contributed by atoms with Crippen LogP contribution in [-0.2, 0) is 6.54 Å². The SMILES string of the molecule is CCC(N)c1cn(CCOc2ccccc2Cl)nn1. The van der Waals surface area contributed by atoms with Crippen LogP contribution in [0.5, 0.6) is 5.75 Å². The van der Waals surface area contributed by atoms with E-state index in [9.17, 15) is 0 Å². The lowest BCUT2D eigenvalue weighted by Gasteiger charge is -2.07. The fourth-order valence-electron chi connectivity index (χ4n) is 1.61. The third-order valence-corrected chi connectivity index (χ3v) is 3.10. The van der Waals surface area contributed by atoms with E-state index in [4.69, 9.17) is 22.1 Å². The molecule has 0 saturated carbocycles. The van der Waals surface area contributed by atoms with Crippen LogP contribution in [0.25, 0.3) is 0 Å². The fraction of sp³-hybridized carbons (Fsp3) is 0.385. The molecule has 0 aliphatic heterocycles. The fourth-order valence-corrected chi connectivity index (χ4v) is 1.80. The Balaban J connectivity index is 1.86. The van der Waals surface area contributed by atoms with Crippen molar-refractivity contribution in [1.29, 1.82) is 0 Å². The van der Waals surface area contributed by atoms with Gasteiger partial charge < -0.3 is 10.5 Å². The van der Waals surface area contributed by atoms with Crippen molar-refractivity contribution >= 4 is 11.6 Å². The zero-order valence-electron chi connectivity index (χ0n) is 10.8. The highest BCUT2D eigenvalue weighted by Crippen LogP contribution is 2.22. The number of nitrogens with zero attached hydrogens (tertiary/aromatic N) is 3. The quantitative estimate of drug-likeness (QED) is 0.882. The molecule has 0 spiro atoms. The van der Waals surface area contributed by atoms with E-state index in [0.717, 1.165) is 12.1 Å². The minimum atomic E-state index is -0.0572. The van der Waals surface area contributed by atoms with Gasteiger partial charge in [-0.1, -0.05) is 35.9 Å². The van der Waals surface area contributed by atoms with Crippen LogP contribution in [0.1, 0.15) is 25.1 Å². The molecule has 1 aromatic carbocycles. The topological polar surface area (TPSA) is 66.0 Å². The van der Waals surface area contributed by atoms with Crippen molar-refractivity contribution in [3.63, 3.8) is 0 Å². The summed E-state index contributed by atoms with van der Waals surface area (Å²) in [5, 5.41) is 8.66. The summed E-state index contributed by atoms with van der Waals surface area (Å²) in [6.45, 7) is 3.10. The summed E-state index contributed by atoms with van der Waals surface area (Å²) in [5.41, 5.74) is 6.69. The summed E-state index contributed by atoms with van der Waals surface area (Å²) in [6.07, 6.45) is 2.69. The number of ether oxygens (including phenoxy) is 1. The Morgan fingerprint density at radius 2 is 2.21 bits per heavy atom. The van der Waals surface area contributed by atoms with Crippen LogP contribution in [-0.4, -0.2) is 21.6 Å². The van der Waals surface area contributed by atoms with Crippen molar-refractivity contribution in [1.82, 2.24) is 15.0 Å². The highest BCUT2D eigenvalue weighted by molar-refractivity contribution is 6.32. The largest absolute Gasteiger partial charge is 0.490 e. The molecule has 2 rings (SSSR count). The molecule has 0 aliphatic rings. The van der Waals surface area contributed by atoms with Gasteiger partial charge in [0, 0.05) is 0 Å². The molecule has 102 valence electrons. The highest BCUT2D eigenvalue weighted by atomic mass is 35.5. The van der Waals surface area contributed by atoms with E-state index >= 15 is 0 Å². The molecule has 0 bridgehead atoms. The van der Waals surface area contributed by atoms with E-state index in [0.29, 0.717) is 23.9 Å². The first-order valence-electron chi connectivity index (χ1n) is 6.23. The molecule has 0 radical (unpaired) electrons. The summed E-state index contributed by atoms with van der Waals surface area (Å²) in [5.74, 6) is 0.676. The van der Waals surface area contributed by atoms with Crippen LogP contribution < -0.4 is 10.5 Å². The van der Waals surface area contributed by atoms with Gasteiger partial charge in [-0.05, 0) is 18.6 Å². The normalized spacial score (nSPS) is 12.4. The highest BCUT2D eigenvalue weighted by Gasteiger charge is 2.08. The predicted molar refractivity (Wildman–Crippen MR) is 74.2 cm³/mol. The number of benzene rings is 1. The Labute approximate surface area is 117 Å². The van der Waals surface area contributed by atoms with Crippen LogP contribution >= 0.6 is 11.6 Å². The zero-order chi connectivity index (χ0) is 13.7. The summed E-state index contributed by atoms with van der Waals surface area (Å²) in [6, 6.07) is 7.32. The van der Waals surface area contributed by atoms with Crippen LogP contribution in [0.2, 0.25) is 5.02 Å². The molecule has 1 heterocycles. The van der Waals surface area contributed by atoms with Gasteiger partial charge in [-0.25, -0.2) is 4.68 Å². The van der Waals surface area contributed by atoms with E-state index in [1.165, 1.54) is 0 Å². The maximum atomic E-state index is 5.99. The molecule has 1 atom stereocenters. The first-order valence-corrected chi connectivity index (χ1v) is 6.61. The van der Waals surface area contributed by atoms with Crippen molar-refractivity contribution in [2.75, 3.05) is 6.61 Å². The number of hydrogen-bond donors (Lipinski definition) is 1. The second-order valence-corrected chi connectivity index (χ2v) is 4.61. The number of aromatic nitrogens is 3. The molecule has 0 amide bonds. The van der Waals surface area contributed by atoms with Crippen LogP contribution in [0.4, 0.5) is 0 Å². The summed E-state index contributed by atoms with van der Waals surface area (Å²) in [4.78, 5) is 0. The maximum Gasteiger partial charge on any atom is 0.137 e. The zero-order valence-corrected chi connectivity index (χ0v) is 11.5. The van der Waals surface area contributed by atoms with E-state index in [1.54, 1.807) is 10.7 Å². The standard InChI is InChI=1S/C13H17ClN4O/c1-2-11(15)12-9-18(17-16-12)7-8-19-13-6-4-3-5-10(13)14/h3-6,9,11H,2,7-8,15H2,1H3.